The number of carbonyl (C=O) groups excluding carboxylic acids is 5. The van der Waals surface area contributed by atoms with Crippen LogP contribution in [0.4, 0.5) is 0 Å². The van der Waals surface area contributed by atoms with Gasteiger partial charge in [0.2, 0.25) is 0 Å². The summed E-state index contributed by atoms with van der Waals surface area (Å²) in [6.45, 7) is -0.360. The molecule has 0 aromatic heterocycles. The van der Waals surface area contributed by atoms with E-state index >= 15 is 0 Å². The van der Waals surface area contributed by atoms with Crippen LogP contribution in [0, 0.1) is 5.41 Å². The summed E-state index contributed by atoms with van der Waals surface area (Å²) in [7, 11) is 1.56. The van der Waals surface area contributed by atoms with Crippen LogP contribution in [0.5, 0.6) is 11.5 Å². The first-order valence-electron chi connectivity index (χ1n) is 15.3. The van der Waals surface area contributed by atoms with Gasteiger partial charge in [0.05, 0.1) is 56.8 Å². The SMILES string of the molecule is COCCOCCOC(=O)CCSCCC(=O)OCC(COC(=O)CCS)(COC(=O)CCS)COC(=O)CCSc1cccc(O)c1O. The van der Waals surface area contributed by atoms with E-state index in [0.29, 0.717) is 29.6 Å². The molecule has 0 saturated heterocycles. The van der Waals surface area contributed by atoms with Crippen molar-refractivity contribution >= 4 is 78.6 Å². The Hall–Kier alpha value is -2.51. The zero-order valence-corrected chi connectivity index (χ0v) is 30.9. The number of methoxy groups -OCH3 is 1. The summed E-state index contributed by atoms with van der Waals surface area (Å²) in [5.41, 5.74) is -1.43. The summed E-state index contributed by atoms with van der Waals surface area (Å²) in [4.78, 5) is 62.0. The van der Waals surface area contributed by atoms with Gasteiger partial charge in [-0.3, -0.25) is 24.0 Å². The fourth-order valence-corrected chi connectivity index (χ4v) is 5.57. The van der Waals surface area contributed by atoms with Crippen molar-refractivity contribution in [1.29, 1.82) is 0 Å². The summed E-state index contributed by atoms with van der Waals surface area (Å²) in [6, 6.07) is 4.46. The van der Waals surface area contributed by atoms with E-state index in [1.807, 2.05) is 0 Å². The van der Waals surface area contributed by atoms with Gasteiger partial charge >= 0.3 is 29.8 Å². The molecule has 0 saturated carbocycles. The molecule has 14 nitrogen and oxygen atoms in total. The minimum absolute atomic E-state index is 0.00968. The molecule has 1 aromatic carbocycles. The third-order valence-electron chi connectivity index (χ3n) is 6.15. The number of thiol groups is 2. The number of hydrogen-bond donors (Lipinski definition) is 4. The van der Waals surface area contributed by atoms with Crippen LogP contribution in [0.1, 0.15) is 32.1 Å². The lowest BCUT2D eigenvalue weighted by atomic mass is 9.92. The number of benzene rings is 1. The molecule has 0 radical (unpaired) electrons. The highest BCUT2D eigenvalue weighted by molar-refractivity contribution is 7.99. The Morgan fingerprint density at radius 2 is 1.12 bits per heavy atom. The summed E-state index contributed by atoms with van der Waals surface area (Å²) >= 11 is 10.5. The van der Waals surface area contributed by atoms with Crippen molar-refractivity contribution in [1.82, 2.24) is 0 Å². The van der Waals surface area contributed by atoms with Crippen molar-refractivity contribution < 1.29 is 67.3 Å². The van der Waals surface area contributed by atoms with Gasteiger partial charge in [-0.1, -0.05) is 6.07 Å². The van der Waals surface area contributed by atoms with Gasteiger partial charge in [0, 0.05) is 35.9 Å². The third kappa shape index (κ3) is 21.3. The number of thioether (sulfide) groups is 2. The van der Waals surface area contributed by atoms with Gasteiger partial charge in [0.25, 0.3) is 0 Å². The maximum Gasteiger partial charge on any atom is 0.306 e. The Kier molecular flexibility index (Phi) is 24.7. The average Bonchev–Trinajstić information content (AvgIpc) is 3.07. The van der Waals surface area contributed by atoms with Crippen molar-refractivity contribution in [2.75, 3.05) is 88.7 Å². The highest BCUT2D eigenvalue weighted by Gasteiger charge is 2.38. The molecule has 278 valence electrons. The zero-order chi connectivity index (χ0) is 36.3. The van der Waals surface area contributed by atoms with Gasteiger partial charge in [0.1, 0.15) is 38.4 Å². The highest BCUT2D eigenvalue weighted by Crippen LogP contribution is 2.35. The molecule has 18 heteroatoms. The molecule has 49 heavy (non-hydrogen) atoms. The van der Waals surface area contributed by atoms with Crippen molar-refractivity contribution in [3.05, 3.63) is 18.2 Å². The Morgan fingerprint density at radius 3 is 1.63 bits per heavy atom. The Morgan fingerprint density at radius 1 is 0.653 bits per heavy atom. The first kappa shape index (κ1) is 44.5. The molecule has 0 bridgehead atoms. The third-order valence-corrected chi connectivity index (χ3v) is 8.64. The summed E-state index contributed by atoms with van der Waals surface area (Å²) in [6.07, 6.45) is 0.0197. The molecule has 1 aromatic rings. The van der Waals surface area contributed by atoms with Crippen molar-refractivity contribution in [3.63, 3.8) is 0 Å². The minimum Gasteiger partial charge on any atom is -0.504 e. The van der Waals surface area contributed by atoms with E-state index in [1.54, 1.807) is 19.2 Å². The Balaban J connectivity index is 2.74. The molecular formula is C31H46O14S4. The van der Waals surface area contributed by atoms with Crippen LogP contribution < -0.4 is 0 Å². The molecule has 0 amide bonds. The lowest BCUT2D eigenvalue weighted by molar-refractivity contribution is -0.170. The van der Waals surface area contributed by atoms with Gasteiger partial charge in [-0.05, 0) is 12.1 Å². The summed E-state index contributed by atoms with van der Waals surface area (Å²) in [5.74, 6) is -2.04. The fourth-order valence-electron chi connectivity index (χ4n) is 3.47. The van der Waals surface area contributed by atoms with E-state index in [0.717, 1.165) is 11.8 Å². The molecule has 0 fully saturated rings. The molecule has 2 N–H and O–H groups in total. The van der Waals surface area contributed by atoms with Gasteiger partial charge < -0.3 is 43.4 Å². The topological polar surface area (TPSA) is 190 Å². The largest absolute Gasteiger partial charge is 0.504 e. The van der Waals surface area contributed by atoms with Gasteiger partial charge in [0.15, 0.2) is 11.5 Å². The monoisotopic (exact) mass is 770 g/mol. The number of phenolic OH excluding ortho intramolecular Hbond substituents is 2. The van der Waals surface area contributed by atoms with Gasteiger partial charge in [-0.15, -0.1) is 11.8 Å². The smallest absolute Gasteiger partial charge is 0.306 e. The highest BCUT2D eigenvalue weighted by atomic mass is 32.2. The quantitative estimate of drug-likeness (QED) is 0.0243. The lowest BCUT2D eigenvalue weighted by Gasteiger charge is -2.31. The average molecular weight is 771 g/mol. The predicted molar refractivity (Wildman–Crippen MR) is 189 cm³/mol. The molecule has 0 aliphatic rings. The van der Waals surface area contributed by atoms with Crippen molar-refractivity contribution in [2.24, 2.45) is 5.41 Å². The van der Waals surface area contributed by atoms with Crippen molar-refractivity contribution in [3.8, 4) is 11.5 Å². The second-order valence-corrected chi connectivity index (χ2v) is 13.5. The van der Waals surface area contributed by atoms with E-state index in [2.05, 4.69) is 25.3 Å². The Bertz CT molecular complexity index is 1130. The standard InChI is InChI=1S/C31H46O14S4/c1-39-10-11-40-12-13-41-27(35)7-16-48-17-8-28(36)44-21-31(19-42-25(33)5-14-46,20-43-26(34)6-15-47)22-45-29(37)9-18-49-24-4-2-3-23(32)30(24)38/h2-4,32,38,46-47H,5-22H2,1H3. The first-order valence-corrected chi connectivity index (χ1v) is 18.7. The maximum atomic E-state index is 12.7. The fraction of sp³-hybridized carbons (Fsp3) is 0.645. The van der Waals surface area contributed by atoms with Crippen LogP contribution in [0.3, 0.4) is 0 Å². The van der Waals surface area contributed by atoms with Gasteiger partial charge in [-0.25, -0.2) is 0 Å². The summed E-state index contributed by atoms with van der Waals surface area (Å²) < 4.78 is 36.8. The molecular weight excluding hydrogens is 725 g/mol. The second-order valence-electron chi connectivity index (χ2n) is 10.3. The number of rotatable bonds is 28. The van der Waals surface area contributed by atoms with Crippen LogP contribution in [-0.2, 0) is 57.1 Å². The van der Waals surface area contributed by atoms with E-state index in [1.165, 1.54) is 17.8 Å². The number of hydrogen-bond acceptors (Lipinski definition) is 18. The van der Waals surface area contributed by atoms with Crippen molar-refractivity contribution in [2.45, 2.75) is 37.0 Å². The molecule has 0 aliphatic carbocycles. The van der Waals surface area contributed by atoms with Crippen LogP contribution >= 0.6 is 48.8 Å². The second kappa shape index (κ2) is 27.2. The minimum atomic E-state index is -1.43. The Labute approximate surface area is 305 Å². The van der Waals surface area contributed by atoms with E-state index in [4.69, 9.17) is 33.2 Å². The number of phenols is 2. The van der Waals surface area contributed by atoms with Crippen LogP contribution in [0.15, 0.2) is 23.1 Å². The molecule has 0 unspecified atom stereocenters. The molecule has 0 aliphatic heterocycles. The summed E-state index contributed by atoms with van der Waals surface area (Å²) in [5, 5.41) is 19.6. The number of esters is 5. The number of ether oxygens (including phenoxy) is 7. The van der Waals surface area contributed by atoms with E-state index in [9.17, 15) is 34.2 Å². The van der Waals surface area contributed by atoms with Gasteiger partial charge in [-0.2, -0.15) is 37.0 Å². The predicted octanol–water partition coefficient (Wildman–Crippen LogP) is 3.10. The van der Waals surface area contributed by atoms with Crippen LogP contribution in [0.2, 0.25) is 0 Å². The van der Waals surface area contributed by atoms with E-state index in [-0.39, 0.29) is 80.0 Å². The molecule has 0 heterocycles. The number of aromatic hydroxyl groups is 2. The van der Waals surface area contributed by atoms with E-state index < -0.39 is 55.7 Å². The maximum absolute atomic E-state index is 12.7. The zero-order valence-electron chi connectivity index (χ0n) is 27.5. The molecule has 0 atom stereocenters. The number of carbonyl (C=O) groups is 5. The molecule has 0 spiro atoms. The van der Waals surface area contributed by atoms with Crippen LogP contribution in [-0.4, -0.2) is 129 Å². The molecule has 1 rings (SSSR count). The first-order chi connectivity index (χ1) is 23.6. The normalized spacial score (nSPS) is 11.1. The van der Waals surface area contributed by atoms with Crippen LogP contribution in [0.25, 0.3) is 0 Å². The lowest BCUT2D eigenvalue weighted by Crippen LogP contribution is -2.44. The number of para-hydroxylation sites is 1.